The van der Waals surface area contributed by atoms with Crippen LogP contribution in [-0.2, 0) is 0 Å². The number of nitrogens with zero attached hydrogens (tertiary/aromatic N) is 1. The number of aryl methyl sites for hydroxylation is 1. The average Bonchev–Trinajstić information content (AvgIpc) is 2.44. The zero-order valence-electron chi connectivity index (χ0n) is 11.8. The number of phenolic OH excluding ortho intramolecular Hbond substituents is 1. The van der Waals surface area contributed by atoms with Gasteiger partial charge in [-0.15, -0.1) is 0 Å². The van der Waals surface area contributed by atoms with Crippen LogP contribution in [0.4, 0.5) is 11.4 Å². The molecule has 0 aliphatic carbocycles. The van der Waals surface area contributed by atoms with E-state index in [1.165, 1.54) is 0 Å². The number of halogens is 1. The van der Waals surface area contributed by atoms with Crippen molar-refractivity contribution in [3.63, 3.8) is 0 Å². The van der Waals surface area contributed by atoms with Gasteiger partial charge in [-0.2, -0.15) is 0 Å². The normalized spacial score (nSPS) is 10.1. The summed E-state index contributed by atoms with van der Waals surface area (Å²) in [4.78, 5) is 16.1. The highest BCUT2D eigenvalue weighted by molar-refractivity contribution is 9.10. The Hall–Kier alpha value is -2.54. The summed E-state index contributed by atoms with van der Waals surface area (Å²) in [6.45, 7) is 1.84. The number of amides is 1. The minimum Gasteiger partial charge on any atom is -0.506 e. The fourth-order valence-electron chi connectivity index (χ4n) is 1.87. The highest BCUT2D eigenvalue weighted by Crippen LogP contribution is 2.30. The van der Waals surface area contributed by atoms with Crippen LogP contribution in [0.25, 0.3) is 0 Å². The van der Waals surface area contributed by atoms with Crippen molar-refractivity contribution >= 4 is 39.2 Å². The van der Waals surface area contributed by atoms with Crippen LogP contribution in [0.3, 0.4) is 0 Å². The molecule has 1 amide bonds. The van der Waals surface area contributed by atoms with Gasteiger partial charge in [0.25, 0.3) is 5.91 Å². The van der Waals surface area contributed by atoms with Crippen LogP contribution in [0.15, 0.2) is 45.9 Å². The third-order valence-corrected chi connectivity index (χ3v) is 3.44. The fourth-order valence-corrected chi connectivity index (χ4v) is 2.45. The third kappa shape index (κ3) is 3.76. The van der Waals surface area contributed by atoms with Gasteiger partial charge in [0.1, 0.15) is 5.75 Å². The maximum atomic E-state index is 12.2. The first-order valence-electron chi connectivity index (χ1n) is 6.37. The molecule has 0 unspecified atom stereocenters. The molecule has 0 saturated carbocycles. The number of hydrogen-bond donors (Lipinski definition) is 4. The summed E-state index contributed by atoms with van der Waals surface area (Å²) in [5.41, 5.74) is 12.8. The van der Waals surface area contributed by atoms with Gasteiger partial charge in [0.15, 0.2) is 5.96 Å². The number of aromatic hydroxyl groups is 1. The van der Waals surface area contributed by atoms with Gasteiger partial charge < -0.3 is 21.9 Å². The largest absolute Gasteiger partial charge is 0.506 e. The molecule has 6 N–H and O–H groups in total. The molecule has 2 rings (SSSR count). The summed E-state index contributed by atoms with van der Waals surface area (Å²) < 4.78 is 0.473. The average molecular weight is 363 g/mol. The van der Waals surface area contributed by atoms with E-state index in [4.69, 9.17) is 11.5 Å². The van der Waals surface area contributed by atoms with Crippen LogP contribution in [0, 0.1) is 6.92 Å². The number of hydrogen-bond acceptors (Lipinski definition) is 3. The van der Waals surface area contributed by atoms with E-state index in [-0.39, 0.29) is 17.3 Å². The molecule has 114 valence electrons. The van der Waals surface area contributed by atoms with Gasteiger partial charge in [-0.25, -0.2) is 4.99 Å². The van der Waals surface area contributed by atoms with Gasteiger partial charge >= 0.3 is 0 Å². The molecule has 0 aliphatic rings. The van der Waals surface area contributed by atoms with Gasteiger partial charge in [-0.3, -0.25) is 4.79 Å². The van der Waals surface area contributed by atoms with E-state index in [9.17, 15) is 9.90 Å². The van der Waals surface area contributed by atoms with Gasteiger partial charge in [0.05, 0.1) is 15.7 Å². The van der Waals surface area contributed by atoms with Crippen molar-refractivity contribution in [2.24, 2.45) is 16.5 Å². The Balaban J connectivity index is 2.21. The van der Waals surface area contributed by atoms with E-state index in [2.05, 4.69) is 26.2 Å². The lowest BCUT2D eigenvalue weighted by atomic mass is 10.1. The Morgan fingerprint density at radius 2 is 1.86 bits per heavy atom. The Morgan fingerprint density at radius 3 is 2.45 bits per heavy atom. The second-order valence-electron chi connectivity index (χ2n) is 4.68. The number of phenols is 1. The summed E-state index contributed by atoms with van der Waals surface area (Å²) in [7, 11) is 0. The molecule has 22 heavy (non-hydrogen) atoms. The Morgan fingerprint density at radius 1 is 1.23 bits per heavy atom. The van der Waals surface area contributed by atoms with Crippen LogP contribution in [0.2, 0.25) is 0 Å². The summed E-state index contributed by atoms with van der Waals surface area (Å²) in [6.07, 6.45) is 0. The second-order valence-corrected chi connectivity index (χ2v) is 5.53. The van der Waals surface area contributed by atoms with E-state index >= 15 is 0 Å². The summed E-state index contributed by atoms with van der Waals surface area (Å²) in [6, 6.07) is 10.0. The second kappa shape index (κ2) is 6.48. The first-order valence-corrected chi connectivity index (χ1v) is 7.16. The summed E-state index contributed by atoms with van der Waals surface area (Å²) >= 11 is 3.21. The topological polar surface area (TPSA) is 114 Å². The molecule has 0 aliphatic heterocycles. The minimum atomic E-state index is -0.406. The standard InChI is InChI=1S/C15H15BrN4O2/c1-8-6-11(13(21)12(16)7-8)14(22)19-9-2-4-10(5-3-9)20-15(17)18/h2-7,21H,1H3,(H,19,22)(H4,17,18,20). The van der Waals surface area contributed by atoms with Crippen LogP contribution < -0.4 is 16.8 Å². The molecule has 2 aromatic rings. The third-order valence-electron chi connectivity index (χ3n) is 2.84. The maximum absolute atomic E-state index is 12.2. The number of carbonyl (C=O) groups excluding carboxylic acids is 1. The smallest absolute Gasteiger partial charge is 0.259 e. The zero-order valence-corrected chi connectivity index (χ0v) is 13.4. The first kappa shape index (κ1) is 15.8. The first-order chi connectivity index (χ1) is 10.4. The molecule has 0 aromatic heterocycles. The number of anilines is 1. The number of rotatable bonds is 3. The number of nitrogens with one attached hydrogen (secondary N) is 1. The van der Waals surface area contributed by atoms with E-state index in [1.807, 2.05) is 6.92 Å². The predicted octanol–water partition coefficient (Wildman–Crippen LogP) is 2.62. The Labute approximate surface area is 136 Å². The van der Waals surface area contributed by atoms with E-state index in [0.717, 1.165) is 5.56 Å². The molecule has 0 fully saturated rings. The fraction of sp³-hybridized carbons (Fsp3) is 0.0667. The van der Waals surface area contributed by atoms with Gasteiger partial charge in [-0.05, 0) is 64.8 Å². The van der Waals surface area contributed by atoms with Crippen molar-refractivity contribution in [2.75, 3.05) is 5.32 Å². The van der Waals surface area contributed by atoms with Gasteiger partial charge in [0.2, 0.25) is 0 Å². The lowest BCUT2D eigenvalue weighted by Gasteiger charge is -2.09. The highest BCUT2D eigenvalue weighted by atomic mass is 79.9. The molecule has 0 heterocycles. The SMILES string of the molecule is Cc1cc(Br)c(O)c(C(=O)Nc2ccc(N=C(N)N)cc2)c1. The van der Waals surface area contributed by atoms with Crippen LogP contribution in [0.1, 0.15) is 15.9 Å². The van der Waals surface area contributed by atoms with Gasteiger partial charge in [0, 0.05) is 5.69 Å². The Bertz CT molecular complexity index is 738. The molecular formula is C15H15BrN4O2. The predicted molar refractivity (Wildman–Crippen MR) is 90.4 cm³/mol. The van der Waals surface area contributed by atoms with Crippen molar-refractivity contribution < 1.29 is 9.90 Å². The van der Waals surface area contributed by atoms with E-state index in [0.29, 0.717) is 15.8 Å². The minimum absolute atomic E-state index is 0.0358. The monoisotopic (exact) mass is 362 g/mol. The van der Waals surface area contributed by atoms with Gasteiger partial charge in [-0.1, -0.05) is 0 Å². The molecule has 0 spiro atoms. The summed E-state index contributed by atoms with van der Waals surface area (Å²) in [5.74, 6) is -0.539. The van der Waals surface area contributed by atoms with E-state index < -0.39 is 5.91 Å². The number of benzene rings is 2. The molecule has 6 nitrogen and oxygen atoms in total. The molecule has 0 atom stereocenters. The molecule has 0 bridgehead atoms. The van der Waals surface area contributed by atoms with Crippen LogP contribution >= 0.6 is 15.9 Å². The molecule has 2 aromatic carbocycles. The quantitative estimate of drug-likeness (QED) is 0.496. The number of carbonyl (C=O) groups is 1. The highest BCUT2D eigenvalue weighted by Gasteiger charge is 2.14. The molecule has 7 heteroatoms. The van der Waals surface area contributed by atoms with Crippen molar-refractivity contribution in [3.05, 3.63) is 52.0 Å². The zero-order chi connectivity index (χ0) is 16.3. The molecular weight excluding hydrogens is 348 g/mol. The maximum Gasteiger partial charge on any atom is 0.259 e. The van der Waals surface area contributed by atoms with Crippen LogP contribution in [-0.4, -0.2) is 17.0 Å². The van der Waals surface area contributed by atoms with E-state index in [1.54, 1.807) is 36.4 Å². The molecule has 0 saturated heterocycles. The number of nitrogens with two attached hydrogens (primary N) is 2. The van der Waals surface area contributed by atoms with Crippen molar-refractivity contribution in [1.29, 1.82) is 0 Å². The molecule has 0 radical (unpaired) electrons. The van der Waals surface area contributed by atoms with Crippen molar-refractivity contribution in [1.82, 2.24) is 0 Å². The lowest BCUT2D eigenvalue weighted by molar-refractivity contribution is 0.102. The summed E-state index contributed by atoms with van der Waals surface area (Å²) in [5, 5.41) is 12.7. The van der Waals surface area contributed by atoms with Crippen LogP contribution in [0.5, 0.6) is 5.75 Å². The van der Waals surface area contributed by atoms with Crippen molar-refractivity contribution in [3.8, 4) is 5.75 Å². The Kier molecular flexibility index (Phi) is 4.67. The number of guanidine groups is 1. The van der Waals surface area contributed by atoms with Crippen molar-refractivity contribution in [2.45, 2.75) is 6.92 Å². The lowest BCUT2D eigenvalue weighted by Crippen LogP contribution is -2.21. The number of aliphatic imine (C=N–C) groups is 1.